The number of nitrogens with one attached hydrogen (secondary N) is 1. The van der Waals surface area contributed by atoms with Crippen LogP contribution in [0.2, 0.25) is 5.02 Å². The molecule has 2 aromatic rings. The summed E-state index contributed by atoms with van der Waals surface area (Å²) in [5.74, 6) is -0.613. The van der Waals surface area contributed by atoms with E-state index in [0.29, 0.717) is 18.1 Å². The summed E-state index contributed by atoms with van der Waals surface area (Å²) in [5.41, 5.74) is -1.50. The predicted octanol–water partition coefficient (Wildman–Crippen LogP) is 6.24. The van der Waals surface area contributed by atoms with Crippen LogP contribution in [-0.2, 0) is 34.4 Å². The summed E-state index contributed by atoms with van der Waals surface area (Å²) in [6.45, 7) is 6.06. The molecular weight excluding hydrogens is 570 g/mol. The number of benzene rings is 2. The highest BCUT2D eigenvalue weighted by Gasteiger charge is 2.76. The quantitative estimate of drug-likeness (QED) is 0.338. The number of halogens is 1. The molecule has 10 heteroatoms. The van der Waals surface area contributed by atoms with Gasteiger partial charge in [-0.2, -0.15) is 4.72 Å². The number of rotatable bonds is 9. The van der Waals surface area contributed by atoms with Gasteiger partial charge in [-0.15, -0.1) is 11.8 Å². The number of carbonyl (C=O) groups is 1. The van der Waals surface area contributed by atoms with Gasteiger partial charge in [-0.3, -0.25) is 0 Å². The van der Waals surface area contributed by atoms with Gasteiger partial charge in [0.25, 0.3) is 0 Å². The molecular formula is C30H36ClNO6S2. The van der Waals surface area contributed by atoms with Crippen molar-refractivity contribution < 1.29 is 27.4 Å². The summed E-state index contributed by atoms with van der Waals surface area (Å²) < 4.78 is 48.7. The van der Waals surface area contributed by atoms with Crippen LogP contribution < -0.4 is 4.72 Å². The van der Waals surface area contributed by atoms with E-state index in [0.717, 1.165) is 30.4 Å². The van der Waals surface area contributed by atoms with Crippen LogP contribution >= 0.6 is 23.4 Å². The first-order valence-corrected chi connectivity index (χ1v) is 16.4. The monoisotopic (exact) mass is 605 g/mol. The smallest absolute Gasteiger partial charge is 0.328 e. The van der Waals surface area contributed by atoms with Gasteiger partial charge in [0.1, 0.15) is 15.4 Å². The topological polar surface area (TPSA) is 90.9 Å². The lowest BCUT2D eigenvalue weighted by Crippen LogP contribution is -2.52. The van der Waals surface area contributed by atoms with Crippen molar-refractivity contribution in [3.63, 3.8) is 0 Å². The van der Waals surface area contributed by atoms with Gasteiger partial charge in [0.15, 0.2) is 6.29 Å². The second kappa shape index (κ2) is 11.4. The maximum atomic E-state index is 13.9. The first kappa shape index (κ1) is 29.6. The van der Waals surface area contributed by atoms with Gasteiger partial charge in [-0.05, 0) is 76.1 Å². The van der Waals surface area contributed by atoms with Crippen molar-refractivity contribution in [1.29, 1.82) is 0 Å². The molecule has 2 aliphatic heterocycles. The first-order chi connectivity index (χ1) is 18.9. The molecule has 2 aromatic carbocycles. The third kappa shape index (κ3) is 6.15. The van der Waals surface area contributed by atoms with Crippen molar-refractivity contribution in [2.24, 2.45) is 0 Å². The van der Waals surface area contributed by atoms with E-state index < -0.39 is 38.8 Å². The minimum Gasteiger partial charge on any atom is -0.459 e. The van der Waals surface area contributed by atoms with Gasteiger partial charge in [-0.1, -0.05) is 60.1 Å². The van der Waals surface area contributed by atoms with Crippen LogP contribution in [0.3, 0.4) is 0 Å². The van der Waals surface area contributed by atoms with E-state index in [1.165, 1.54) is 11.8 Å². The number of sulfonamides is 1. The Kier molecular flexibility index (Phi) is 8.45. The molecule has 1 saturated carbocycles. The van der Waals surface area contributed by atoms with Crippen LogP contribution in [0.15, 0.2) is 64.9 Å². The van der Waals surface area contributed by atoms with Gasteiger partial charge in [-0.25, -0.2) is 13.2 Å². The Morgan fingerprint density at radius 2 is 1.85 bits per heavy atom. The molecule has 5 rings (SSSR count). The summed E-state index contributed by atoms with van der Waals surface area (Å²) in [7, 11) is -4.07. The first-order valence-electron chi connectivity index (χ1n) is 13.6. The fourth-order valence-electron chi connectivity index (χ4n) is 5.43. The van der Waals surface area contributed by atoms with Crippen molar-refractivity contribution in [3.05, 3.63) is 81.1 Å². The Morgan fingerprint density at radius 1 is 1.12 bits per heavy atom. The van der Waals surface area contributed by atoms with E-state index in [-0.39, 0.29) is 22.5 Å². The zero-order valence-electron chi connectivity index (χ0n) is 23.0. The lowest BCUT2D eigenvalue weighted by atomic mass is 9.91. The predicted molar refractivity (Wildman–Crippen MR) is 157 cm³/mol. The van der Waals surface area contributed by atoms with Crippen LogP contribution in [0.1, 0.15) is 69.3 Å². The molecule has 0 aromatic heterocycles. The van der Waals surface area contributed by atoms with Gasteiger partial charge in [0, 0.05) is 16.9 Å². The average Bonchev–Trinajstić information content (AvgIpc) is 3.28. The lowest BCUT2D eigenvalue weighted by Gasteiger charge is -2.31. The molecule has 1 aliphatic carbocycles. The normalized spacial score (nSPS) is 28.6. The third-order valence-corrected chi connectivity index (χ3v) is 11.2. The van der Waals surface area contributed by atoms with Crippen molar-refractivity contribution in [1.82, 2.24) is 4.72 Å². The minimum atomic E-state index is -4.07. The fraction of sp³-hybridized carbons (Fsp3) is 0.500. The second-order valence-corrected chi connectivity index (χ2v) is 15.3. The molecule has 2 fully saturated rings. The molecule has 4 atom stereocenters. The van der Waals surface area contributed by atoms with Gasteiger partial charge < -0.3 is 14.2 Å². The highest BCUT2D eigenvalue weighted by molar-refractivity contribution is 8.18. The van der Waals surface area contributed by atoms with E-state index in [9.17, 15) is 13.2 Å². The number of hydrogen-bond acceptors (Lipinski definition) is 7. The number of ether oxygens (including phenoxy) is 3. The molecule has 2 heterocycles. The summed E-state index contributed by atoms with van der Waals surface area (Å²) in [6.07, 6.45) is 4.82. The summed E-state index contributed by atoms with van der Waals surface area (Å²) in [4.78, 5) is 13.9. The molecule has 4 unspecified atom stereocenters. The van der Waals surface area contributed by atoms with Gasteiger partial charge in [0.05, 0.1) is 12.0 Å². The van der Waals surface area contributed by atoms with Gasteiger partial charge >= 0.3 is 5.97 Å². The number of carbonyl (C=O) groups excluding carboxylic acids is 1. The third-order valence-electron chi connectivity index (χ3n) is 7.56. The Labute approximate surface area is 246 Å². The second-order valence-electron chi connectivity index (χ2n) is 11.7. The van der Waals surface area contributed by atoms with E-state index in [1.807, 2.05) is 42.5 Å². The van der Waals surface area contributed by atoms with Crippen molar-refractivity contribution in [2.75, 3.05) is 13.2 Å². The number of thioether (sulfide) groups is 1. The molecule has 40 heavy (non-hydrogen) atoms. The summed E-state index contributed by atoms with van der Waals surface area (Å²) in [5, 5.41) is 0.562. The zero-order chi connectivity index (χ0) is 28.6. The van der Waals surface area contributed by atoms with Crippen LogP contribution in [0.25, 0.3) is 0 Å². The summed E-state index contributed by atoms with van der Waals surface area (Å²) in [6, 6.07) is 16.9. The van der Waals surface area contributed by atoms with Crippen molar-refractivity contribution in [2.45, 2.75) is 81.0 Å². The molecule has 1 N–H and O–H groups in total. The Balaban J connectivity index is 1.45. The fourth-order valence-corrected chi connectivity index (χ4v) is 8.72. The van der Waals surface area contributed by atoms with E-state index in [2.05, 4.69) is 4.72 Å². The molecule has 1 saturated heterocycles. The largest absolute Gasteiger partial charge is 0.459 e. The molecule has 3 aliphatic rings. The number of esters is 1. The van der Waals surface area contributed by atoms with Gasteiger partial charge in [0.2, 0.25) is 10.0 Å². The highest BCUT2D eigenvalue weighted by atomic mass is 35.5. The van der Waals surface area contributed by atoms with E-state index in [1.54, 1.807) is 39.0 Å². The molecule has 7 nitrogen and oxygen atoms in total. The zero-order valence-corrected chi connectivity index (χ0v) is 25.4. The molecule has 0 spiro atoms. The minimum absolute atomic E-state index is 0.0637. The van der Waals surface area contributed by atoms with Crippen molar-refractivity contribution in [3.8, 4) is 0 Å². The number of hydrogen-bond donors (Lipinski definition) is 1. The van der Waals surface area contributed by atoms with E-state index >= 15 is 0 Å². The molecule has 0 bridgehead atoms. The van der Waals surface area contributed by atoms with E-state index in [4.69, 9.17) is 25.8 Å². The highest BCUT2D eigenvalue weighted by Crippen LogP contribution is 2.60. The Bertz CT molecular complexity index is 1350. The number of allylic oxidation sites excluding steroid dienone is 1. The van der Waals surface area contributed by atoms with Crippen LogP contribution in [-0.4, -0.2) is 45.0 Å². The average molecular weight is 606 g/mol. The molecule has 0 radical (unpaired) electrons. The van der Waals surface area contributed by atoms with Crippen LogP contribution in [0, 0.1) is 0 Å². The van der Waals surface area contributed by atoms with Crippen molar-refractivity contribution >= 4 is 39.4 Å². The molecule has 216 valence electrons. The SMILES string of the molecule is CC(C)(C)OC(=O)C1(NS(=O)(=O)C2=CCC(c3ccc(Cl)cc3)S2)CC1(COC1CCCCO1)c1ccccc1. The Hall–Kier alpha value is -1.88. The summed E-state index contributed by atoms with van der Waals surface area (Å²) >= 11 is 7.31. The Morgan fingerprint density at radius 3 is 2.50 bits per heavy atom. The van der Waals surface area contributed by atoms with Crippen LogP contribution in [0.5, 0.6) is 0 Å². The molecule has 0 amide bonds. The lowest BCUT2D eigenvalue weighted by molar-refractivity contribution is -0.171. The maximum absolute atomic E-state index is 13.9. The van der Waals surface area contributed by atoms with Crippen LogP contribution in [0.4, 0.5) is 0 Å². The maximum Gasteiger partial charge on any atom is 0.328 e. The standard InChI is InChI=1S/C30H36ClNO6S2/c1-28(2,3)38-27(33)30(32-40(34,35)26-17-16-24(39-26)21-12-14-23(31)15-13-21)19-29(30,22-9-5-4-6-10-22)20-37-25-11-7-8-18-36-25/h4-6,9-10,12-15,17,24-25,32H,7-8,11,16,18-20H2,1-3H3.